The lowest BCUT2D eigenvalue weighted by Crippen LogP contribution is -2.41. The van der Waals surface area contributed by atoms with E-state index in [9.17, 15) is 18.0 Å². The summed E-state index contributed by atoms with van der Waals surface area (Å²) in [6.07, 6.45) is -4.44. The highest BCUT2D eigenvalue weighted by Gasteiger charge is 2.58. The number of anilines is 1. The van der Waals surface area contributed by atoms with E-state index in [4.69, 9.17) is 18.9 Å². The standard InChI is InChI=1S/C25H18F3NO5/c1-29-17-3-2-4-18(34-15-7-5-14(6-8-15)25(26,27)28)22(17)24(23(29)30)13-33-19-12-21-20(11-16(19)24)31-9-10-32-21/h2-8,11-12H,9-10,13H2,1H3. The van der Waals surface area contributed by atoms with Crippen molar-refractivity contribution >= 4 is 11.6 Å². The van der Waals surface area contributed by atoms with Gasteiger partial charge in [0.1, 0.15) is 42.5 Å². The Hall–Kier alpha value is -3.88. The summed E-state index contributed by atoms with van der Waals surface area (Å²) < 4.78 is 62.3. The number of likely N-dealkylation sites (N-methyl/N-ethyl adjacent to an activating group) is 1. The second-order valence-corrected chi connectivity index (χ2v) is 8.32. The van der Waals surface area contributed by atoms with Gasteiger partial charge in [-0.1, -0.05) is 6.07 Å². The van der Waals surface area contributed by atoms with Crippen molar-refractivity contribution in [2.75, 3.05) is 31.8 Å². The fraction of sp³-hybridized carbons (Fsp3) is 0.240. The predicted molar refractivity (Wildman–Crippen MR) is 115 cm³/mol. The van der Waals surface area contributed by atoms with Gasteiger partial charge in [-0.15, -0.1) is 0 Å². The minimum absolute atomic E-state index is 0.0504. The van der Waals surface area contributed by atoms with Crippen molar-refractivity contribution in [1.29, 1.82) is 0 Å². The molecule has 1 spiro atoms. The summed E-state index contributed by atoms with van der Waals surface area (Å²) in [5.41, 5.74) is -0.0818. The molecule has 0 N–H and O–H groups in total. The Labute approximate surface area is 192 Å². The van der Waals surface area contributed by atoms with Gasteiger partial charge in [-0.05, 0) is 42.5 Å². The first-order chi connectivity index (χ1) is 16.3. The first kappa shape index (κ1) is 20.7. The number of ether oxygens (including phenoxy) is 4. The van der Waals surface area contributed by atoms with Crippen LogP contribution in [0.5, 0.6) is 28.7 Å². The number of hydrogen-bond donors (Lipinski definition) is 0. The van der Waals surface area contributed by atoms with Crippen LogP contribution in [0.3, 0.4) is 0 Å². The van der Waals surface area contributed by atoms with E-state index in [-0.39, 0.29) is 18.3 Å². The lowest BCUT2D eigenvalue weighted by atomic mass is 9.76. The van der Waals surface area contributed by atoms with E-state index >= 15 is 0 Å². The molecule has 3 aromatic rings. The number of alkyl halides is 3. The quantitative estimate of drug-likeness (QED) is 0.533. The highest BCUT2D eigenvalue weighted by atomic mass is 19.4. The number of nitrogens with zero attached hydrogens (tertiary/aromatic N) is 1. The van der Waals surface area contributed by atoms with Crippen LogP contribution in [-0.2, 0) is 16.4 Å². The number of benzene rings is 3. The largest absolute Gasteiger partial charge is 0.491 e. The van der Waals surface area contributed by atoms with Crippen molar-refractivity contribution < 1.29 is 36.9 Å². The first-order valence-electron chi connectivity index (χ1n) is 10.6. The van der Waals surface area contributed by atoms with Crippen LogP contribution >= 0.6 is 0 Å². The van der Waals surface area contributed by atoms with Gasteiger partial charge in [-0.25, -0.2) is 0 Å². The van der Waals surface area contributed by atoms with Gasteiger partial charge in [0, 0.05) is 24.2 Å². The molecular weight excluding hydrogens is 451 g/mol. The minimum Gasteiger partial charge on any atom is -0.491 e. The van der Waals surface area contributed by atoms with Gasteiger partial charge in [0.25, 0.3) is 0 Å². The Kier molecular flexibility index (Phi) is 4.30. The lowest BCUT2D eigenvalue weighted by Gasteiger charge is -2.25. The predicted octanol–water partition coefficient (Wildman–Crippen LogP) is 4.92. The summed E-state index contributed by atoms with van der Waals surface area (Å²) in [6, 6.07) is 13.2. The molecule has 1 atom stereocenters. The third kappa shape index (κ3) is 2.85. The van der Waals surface area contributed by atoms with Gasteiger partial charge in [-0.3, -0.25) is 4.79 Å². The summed E-state index contributed by atoms with van der Waals surface area (Å²) in [6.45, 7) is 0.869. The van der Waals surface area contributed by atoms with Crippen molar-refractivity contribution in [2.45, 2.75) is 11.6 Å². The number of hydrogen-bond acceptors (Lipinski definition) is 5. The first-order valence-corrected chi connectivity index (χ1v) is 10.6. The SMILES string of the molecule is CN1C(=O)C2(COc3cc4c(cc32)OCCO4)c2c(Oc3ccc(C(F)(F)F)cc3)cccc21. The fourth-order valence-corrected chi connectivity index (χ4v) is 4.83. The van der Waals surface area contributed by atoms with Crippen molar-refractivity contribution in [2.24, 2.45) is 0 Å². The highest BCUT2D eigenvalue weighted by molar-refractivity contribution is 6.12. The third-order valence-electron chi connectivity index (χ3n) is 6.42. The molecule has 6 rings (SSSR count). The molecule has 9 heteroatoms. The molecule has 0 saturated carbocycles. The molecule has 0 radical (unpaired) electrons. The number of halogens is 3. The van der Waals surface area contributed by atoms with Crippen LogP contribution in [0.2, 0.25) is 0 Å². The number of amides is 1. The Bertz CT molecular complexity index is 1320. The van der Waals surface area contributed by atoms with Gasteiger partial charge >= 0.3 is 6.18 Å². The van der Waals surface area contributed by atoms with E-state index in [1.165, 1.54) is 12.1 Å². The molecule has 6 nitrogen and oxygen atoms in total. The topological polar surface area (TPSA) is 57.2 Å². The van der Waals surface area contributed by atoms with Crippen LogP contribution in [0.25, 0.3) is 0 Å². The fourth-order valence-electron chi connectivity index (χ4n) is 4.83. The maximum atomic E-state index is 13.7. The molecule has 0 saturated heterocycles. The molecule has 3 aliphatic rings. The van der Waals surface area contributed by atoms with Crippen LogP contribution in [0.1, 0.15) is 16.7 Å². The van der Waals surface area contributed by atoms with E-state index < -0.39 is 17.2 Å². The molecule has 1 unspecified atom stereocenters. The average molecular weight is 469 g/mol. The molecule has 0 fully saturated rings. The van der Waals surface area contributed by atoms with E-state index in [1.54, 1.807) is 42.3 Å². The average Bonchev–Trinajstić information content (AvgIpc) is 3.30. The molecule has 0 aromatic heterocycles. The van der Waals surface area contributed by atoms with E-state index in [1.807, 2.05) is 0 Å². The van der Waals surface area contributed by atoms with Gasteiger partial charge < -0.3 is 23.8 Å². The normalized spacial score (nSPS) is 20.2. The second kappa shape index (κ2) is 7.06. The smallest absolute Gasteiger partial charge is 0.416 e. The highest BCUT2D eigenvalue weighted by Crippen LogP contribution is 2.57. The summed E-state index contributed by atoms with van der Waals surface area (Å²) in [5, 5.41) is 0. The van der Waals surface area contributed by atoms with Crippen LogP contribution in [0, 0.1) is 0 Å². The van der Waals surface area contributed by atoms with Crippen molar-refractivity contribution in [3.05, 3.63) is 71.3 Å². The molecular formula is C25H18F3NO5. The number of rotatable bonds is 2. The lowest BCUT2D eigenvalue weighted by molar-refractivity contribution is -0.137. The zero-order valence-electron chi connectivity index (χ0n) is 17.9. The molecule has 34 heavy (non-hydrogen) atoms. The van der Waals surface area contributed by atoms with E-state index in [0.29, 0.717) is 53.0 Å². The second-order valence-electron chi connectivity index (χ2n) is 8.32. The third-order valence-corrected chi connectivity index (χ3v) is 6.42. The van der Waals surface area contributed by atoms with Gasteiger partial charge in [0.15, 0.2) is 11.5 Å². The van der Waals surface area contributed by atoms with Crippen LogP contribution in [-0.4, -0.2) is 32.8 Å². The van der Waals surface area contributed by atoms with Crippen molar-refractivity contribution in [1.82, 2.24) is 0 Å². The molecule has 3 aromatic carbocycles. The van der Waals surface area contributed by atoms with E-state index in [0.717, 1.165) is 12.1 Å². The Morgan fingerprint density at radius 2 is 1.65 bits per heavy atom. The molecule has 0 aliphatic carbocycles. The Morgan fingerprint density at radius 3 is 2.35 bits per heavy atom. The summed E-state index contributed by atoms with van der Waals surface area (Å²) in [4.78, 5) is 15.2. The van der Waals surface area contributed by atoms with Gasteiger partial charge in [-0.2, -0.15) is 13.2 Å². The van der Waals surface area contributed by atoms with Gasteiger partial charge in [0.05, 0.1) is 11.3 Å². The van der Waals surface area contributed by atoms with Crippen LogP contribution in [0.15, 0.2) is 54.6 Å². The van der Waals surface area contributed by atoms with Crippen molar-refractivity contribution in [3.8, 4) is 28.7 Å². The number of carbonyl (C=O) groups is 1. The molecule has 0 bridgehead atoms. The zero-order chi connectivity index (χ0) is 23.7. The molecule has 3 heterocycles. The summed E-state index contributed by atoms with van der Waals surface area (Å²) in [7, 11) is 1.67. The number of carbonyl (C=O) groups excluding carboxylic acids is 1. The Balaban J connectivity index is 1.47. The van der Waals surface area contributed by atoms with Crippen LogP contribution in [0.4, 0.5) is 18.9 Å². The maximum absolute atomic E-state index is 13.7. The van der Waals surface area contributed by atoms with E-state index in [2.05, 4.69) is 0 Å². The maximum Gasteiger partial charge on any atom is 0.416 e. The Morgan fingerprint density at radius 1 is 0.941 bits per heavy atom. The van der Waals surface area contributed by atoms with Gasteiger partial charge in [0.2, 0.25) is 5.91 Å². The van der Waals surface area contributed by atoms with Crippen LogP contribution < -0.4 is 23.8 Å². The molecule has 1 amide bonds. The molecule has 3 aliphatic heterocycles. The minimum atomic E-state index is -4.44. The monoisotopic (exact) mass is 469 g/mol. The summed E-state index contributed by atoms with van der Waals surface area (Å²) in [5.74, 6) is 1.99. The molecule has 174 valence electrons. The number of fused-ring (bicyclic) bond motifs is 5. The zero-order valence-corrected chi connectivity index (χ0v) is 17.9. The summed E-state index contributed by atoms with van der Waals surface area (Å²) >= 11 is 0. The van der Waals surface area contributed by atoms with Crippen molar-refractivity contribution in [3.63, 3.8) is 0 Å².